The van der Waals surface area contributed by atoms with Crippen molar-refractivity contribution < 1.29 is 9.13 Å². The number of nitrogens with zero attached hydrogens (tertiary/aromatic N) is 3. The van der Waals surface area contributed by atoms with Crippen molar-refractivity contribution in [3.63, 3.8) is 0 Å². The predicted molar refractivity (Wildman–Crippen MR) is 101 cm³/mol. The largest absolute Gasteiger partial charge is 0.494 e. The highest BCUT2D eigenvalue weighted by molar-refractivity contribution is 5.80. The van der Waals surface area contributed by atoms with Gasteiger partial charge in [-0.05, 0) is 31.0 Å². The third kappa shape index (κ3) is 5.74. The summed E-state index contributed by atoms with van der Waals surface area (Å²) in [6.07, 6.45) is 5.20. The van der Waals surface area contributed by atoms with E-state index in [0.717, 1.165) is 57.2 Å². The summed E-state index contributed by atoms with van der Waals surface area (Å²) >= 11 is 0. The molecule has 1 aliphatic rings. The summed E-state index contributed by atoms with van der Waals surface area (Å²) < 4.78 is 18.8. The first kappa shape index (κ1) is 19.2. The Morgan fingerprint density at radius 1 is 1.32 bits per heavy atom. The molecule has 1 aromatic rings. The number of guanidine groups is 1. The van der Waals surface area contributed by atoms with E-state index >= 15 is 0 Å². The summed E-state index contributed by atoms with van der Waals surface area (Å²) in [6, 6.07) is 5.18. The lowest BCUT2D eigenvalue weighted by Crippen LogP contribution is -2.52. The monoisotopic (exact) mass is 348 g/mol. The fraction of sp³-hybridized carbons (Fsp3) is 0.526. The zero-order valence-corrected chi connectivity index (χ0v) is 15.5. The standard InChI is InChI=1S/C19H29FN4O/c1-4-5-6-9-22-19(21-2)24-12-10-23(11-13-24)15-16-7-8-18(25-3)17(20)14-16/h4-5,7-8,14H,6,9-13,15H2,1-3H3,(H,21,22)/b5-4+. The Bertz CT molecular complexity index is 595. The summed E-state index contributed by atoms with van der Waals surface area (Å²) in [7, 11) is 3.31. The van der Waals surface area contributed by atoms with Crippen LogP contribution in [0.15, 0.2) is 35.3 Å². The molecule has 2 rings (SSSR count). The quantitative estimate of drug-likeness (QED) is 0.371. The van der Waals surface area contributed by atoms with Crippen LogP contribution in [-0.2, 0) is 6.54 Å². The maximum Gasteiger partial charge on any atom is 0.193 e. The Labute approximate surface area is 150 Å². The lowest BCUT2D eigenvalue weighted by atomic mass is 10.2. The van der Waals surface area contributed by atoms with Crippen molar-refractivity contribution in [2.24, 2.45) is 4.99 Å². The number of nitrogens with one attached hydrogen (secondary N) is 1. The SMILES string of the molecule is C/C=C/CCNC(=NC)N1CCN(Cc2ccc(OC)c(F)c2)CC1. The maximum absolute atomic E-state index is 13.8. The Morgan fingerprint density at radius 3 is 2.68 bits per heavy atom. The zero-order valence-electron chi connectivity index (χ0n) is 15.5. The molecule has 0 aromatic heterocycles. The van der Waals surface area contributed by atoms with Crippen LogP contribution in [-0.4, -0.2) is 62.6 Å². The molecule has 0 saturated carbocycles. The van der Waals surface area contributed by atoms with Gasteiger partial charge >= 0.3 is 0 Å². The second-order valence-corrected chi connectivity index (χ2v) is 6.06. The minimum Gasteiger partial charge on any atom is -0.494 e. The van der Waals surface area contributed by atoms with Crippen molar-refractivity contribution >= 4 is 5.96 Å². The molecule has 0 spiro atoms. The second-order valence-electron chi connectivity index (χ2n) is 6.06. The Morgan fingerprint density at radius 2 is 2.08 bits per heavy atom. The summed E-state index contributed by atoms with van der Waals surface area (Å²) in [5.74, 6) is 0.949. The smallest absolute Gasteiger partial charge is 0.193 e. The first-order valence-corrected chi connectivity index (χ1v) is 8.79. The molecule has 1 aliphatic heterocycles. The van der Waals surface area contributed by atoms with Crippen LogP contribution in [0.1, 0.15) is 18.9 Å². The van der Waals surface area contributed by atoms with Crippen molar-refractivity contribution in [2.45, 2.75) is 19.9 Å². The minimum absolute atomic E-state index is 0.293. The molecule has 25 heavy (non-hydrogen) atoms. The fourth-order valence-electron chi connectivity index (χ4n) is 2.95. The van der Waals surface area contributed by atoms with Crippen LogP contribution in [0.25, 0.3) is 0 Å². The van der Waals surface area contributed by atoms with Crippen LogP contribution in [0, 0.1) is 5.82 Å². The van der Waals surface area contributed by atoms with Crippen LogP contribution >= 0.6 is 0 Å². The fourth-order valence-corrected chi connectivity index (χ4v) is 2.95. The molecular formula is C19H29FN4O. The molecule has 0 amide bonds. The van der Waals surface area contributed by atoms with E-state index in [-0.39, 0.29) is 5.82 Å². The van der Waals surface area contributed by atoms with Gasteiger partial charge in [-0.3, -0.25) is 9.89 Å². The lowest BCUT2D eigenvalue weighted by molar-refractivity contribution is 0.172. The van der Waals surface area contributed by atoms with Crippen LogP contribution in [0.5, 0.6) is 5.75 Å². The maximum atomic E-state index is 13.8. The summed E-state index contributed by atoms with van der Waals surface area (Å²) in [5.41, 5.74) is 0.973. The van der Waals surface area contributed by atoms with E-state index in [1.807, 2.05) is 20.0 Å². The van der Waals surface area contributed by atoms with Crippen molar-refractivity contribution in [1.29, 1.82) is 0 Å². The highest BCUT2D eigenvalue weighted by Gasteiger charge is 2.19. The first-order chi connectivity index (χ1) is 12.2. The van der Waals surface area contributed by atoms with E-state index in [9.17, 15) is 4.39 Å². The first-order valence-electron chi connectivity index (χ1n) is 8.79. The number of rotatable bonds is 6. The van der Waals surface area contributed by atoms with Gasteiger partial charge in [0.1, 0.15) is 0 Å². The molecule has 1 heterocycles. The molecule has 5 nitrogen and oxygen atoms in total. The van der Waals surface area contributed by atoms with Gasteiger partial charge in [0, 0.05) is 46.3 Å². The normalized spacial score (nSPS) is 16.5. The highest BCUT2D eigenvalue weighted by Crippen LogP contribution is 2.19. The molecule has 0 aliphatic carbocycles. The molecule has 6 heteroatoms. The molecule has 0 radical (unpaired) electrons. The highest BCUT2D eigenvalue weighted by atomic mass is 19.1. The van der Waals surface area contributed by atoms with Crippen molar-refractivity contribution in [3.05, 3.63) is 41.7 Å². The number of ether oxygens (including phenoxy) is 1. The topological polar surface area (TPSA) is 40.1 Å². The molecule has 1 N–H and O–H groups in total. The van der Waals surface area contributed by atoms with E-state index in [2.05, 4.69) is 32.3 Å². The average molecular weight is 348 g/mol. The van der Waals surface area contributed by atoms with E-state index in [4.69, 9.17) is 4.74 Å². The van der Waals surface area contributed by atoms with Crippen LogP contribution in [0.2, 0.25) is 0 Å². The number of hydrogen-bond acceptors (Lipinski definition) is 3. The van der Waals surface area contributed by atoms with Gasteiger partial charge < -0.3 is 15.0 Å². The van der Waals surface area contributed by atoms with E-state index in [0.29, 0.717) is 5.75 Å². The Balaban J connectivity index is 1.81. The number of benzene rings is 1. The molecule has 0 bridgehead atoms. The van der Waals surface area contributed by atoms with Gasteiger partial charge in [-0.15, -0.1) is 0 Å². The summed E-state index contributed by atoms with van der Waals surface area (Å²) in [4.78, 5) is 8.99. The number of aliphatic imine (C=N–C) groups is 1. The van der Waals surface area contributed by atoms with Gasteiger partial charge in [0.2, 0.25) is 0 Å². The number of allylic oxidation sites excluding steroid dienone is 1. The third-order valence-electron chi connectivity index (χ3n) is 4.34. The lowest BCUT2D eigenvalue weighted by Gasteiger charge is -2.36. The number of piperazine rings is 1. The molecule has 138 valence electrons. The van der Waals surface area contributed by atoms with Crippen molar-refractivity contribution in [1.82, 2.24) is 15.1 Å². The second kappa shape index (κ2) is 10.0. The van der Waals surface area contributed by atoms with Crippen LogP contribution < -0.4 is 10.1 Å². The molecule has 0 unspecified atom stereocenters. The summed E-state index contributed by atoms with van der Waals surface area (Å²) in [6.45, 7) is 7.38. The average Bonchev–Trinajstić information content (AvgIpc) is 2.63. The van der Waals surface area contributed by atoms with Gasteiger partial charge in [0.15, 0.2) is 17.5 Å². The van der Waals surface area contributed by atoms with Crippen LogP contribution in [0.4, 0.5) is 4.39 Å². The van der Waals surface area contributed by atoms with E-state index in [1.165, 1.54) is 7.11 Å². The van der Waals surface area contributed by atoms with Crippen LogP contribution in [0.3, 0.4) is 0 Å². The van der Waals surface area contributed by atoms with Gasteiger partial charge in [-0.25, -0.2) is 4.39 Å². The number of hydrogen-bond donors (Lipinski definition) is 1. The van der Waals surface area contributed by atoms with Gasteiger partial charge in [-0.1, -0.05) is 18.2 Å². The van der Waals surface area contributed by atoms with E-state index < -0.39 is 0 Å². The van der Waals surface area contributed by atoms with Crippen molar-refractivity contribution in [2.75, 3.05) is 46.9 Å². The molecule has 1 fully saturated rings. The third-order valence-corrected chi connectivity index (χ3v) is 4.34. The zero-order chi connectivity index (χ0) is 18.1. The predicted octanol–water partition coefficient (Wildman–Crippen LogP) is 2.49. The van der Waals surface area contributed by atoms with Crippen molar-refractivity contribution in [3.8, 4) is 5.75 Å². The number of halogens is 1. The molecule has 1 aromatic carbocycles. The molecular weight excluding hydrogens is 319 g/mol. The molecule has 1 saturated heterocycles. The Hall–Kier alpha value is -2.08. The molecule has 0 atom stereocenters. The Kier molecular flexibility index (Phi) is 7.73. The van der Waals surface area contributed by atoms with Gasteiger partial charge in [0.05, 0.1) is 7.11 Å². The number of methoxy groups -OCH3 is 1. The van der Waals surface area contributed by atoms with E-state index in [1.54, 1.807) is 12.1 Å². The summed E-state index contributed by atoms with van der Waals surface area (Å²) in [5, 5.41) is 3.40. The van der Waals surface area contributed by atoms with Gasteiger partial charge in [-0.2, -0.15) is 0 Å². The van der Waals surface area contributed by atoms with Gasteiger partial charge in [0.25, 0.3) is 0 Å². The minimum atomic E-state index is -0.302.